The molecule has 19 heavy (non-hydrogen) atoms. The number of rotatable bonds is 5. The fourth-order valence-electron chi connectivity index (χ4n) is 3.79. The zero-order valence-electron chi connectivity index (χ0n) is 11.9. The molecule has 0 aliphatic heterocycles. The molecule has 2 N–H and O–H groups in total. The highest BCUT2D eigenvalue weighted by Crippen LogP contribution is 2.45. The summed E-state index contributed by atoms with van der Waals surface area (Å²) in [5.41, 5.74) is 1.23. The summed E-state index contributed by atoms with van der Waals surface area (Å²) in [6.45, 7) is 5.17. The number of hydrogen-bond donors (Lipinski definition) is 2. The summed E-state index contributed by atoms with van der Waals surface area (Å²) in [7, 11) is 0. The van der Waals surface area contributed by atoms with Crippen LogP contribution >= 0.6 is 0 Å². The summed E-state index contributed by atoms with van der Waals surface area (Å²) < 4.78 is 0. The van der Waals surface area contributed by atoms with Crippen LogP contribution in [-0.2, 0) is 6.42 Å². The van der Waals surface area contributed by atoms with Gasteiger partial charge in [-0.3, -0.25) is 0 Å². The molecule has 1 heterocycles. The standard InChI is InChI=1S/C15H24N4/c1-3-12-14(16-4-2)17-9-18-15(12)19-13-8-10-5-6-11(13)7-10/h9-11,13H,3-8H2,1-2H3,(H2,16,17,18,19). The molecule has 0 radical (unpaired) electrons. The minimum Gasteiger partial charge on any atom is -0.370 e. The van der Waals surface area contributed by atoms with Crippen molar-refractivity contribution in [1.82, 2.24) is 9.97 Å². The molecule has 1 aromatic rings. The molecule has 104 valence electrons. The third-order valence-corrected chi connectivity index (χ3v) is 4.70. The van der Waals surface area contributed by atoms with Gasteiger partial charge in [-0.25, -0.2) is 9.97 Å². The van der Waals surface area contributed by atoms with E-state index in [1.807, 2.05) is 0 Å². The molecule has 0 amide bonds. The Morgan fingerprint density at radius 2 is 2.00 bits per heavy atom. The van der Waals surface area contributed by atoms with E-state index in [2.05, 4.69) is 34.4 Å². The molecule has 2 aliphatic carbocycles. The summed E-state index contributed by atoms with van der Waals surface area (Å²) in [6, 6.07) is 0.633. The van der Waals surface area contributed by atoms with Crippen LogP contribution < -0.4 is 10.6 Å². The summed E-state index contributed by atoms with van der Waals surface area (Å²) in [5, 5.41) is 7.03. The molecule has 1 aromatic heterocycles. The monoisotopic (exact) mass is 260 g/mol. The van der Waals surface area contributed by atoms with E-state index in [9.17, 15) is 0 Å². The summed E-state index contributed by atoms with van der Waals surface area (Å²) in [4.78, 5) is 8.84. The maximum atomic E-state index is 4.48. The summed E-state index contributed by atoms with van der Waals surface area (Å²) in [6.07, 6.45) is 8.22. The third-order valence-electron chi connectivity index (χ3n) is 4.70. The Morgan fingerprint density at radius 1 is 1.16 bits per heavy atom. The van der Waals surface area contributed by atoms with Crippen LogP contribution in [0.1, 0.15) is 45.1 Å². The van der Waals surface area contributed by atoms with E-state index < -0.39 is 0 Å². The Labute approximate surface area is 115 Å². The van der Waals surface area contributed by atoms with E-state index >= 15 is 0 Å². The first kappa shape index (κ1) is 12.7. The van der Waals surface area contributed by atoms with Gasteiger partial charge < -0.3 is 10.6 Å². The zero-order valence-corrected chi connectivity index (χ0v) is 11.9. The van der Waals surface area contributed by atoms with Gasteiger partial charge in [-0.1, -0.05) is 13.3 Å². The van der Waals surface area contributed by atoms with Crippen molar-refractivity contribution >= 4 is 11.6 Å². The second-order valence-electron chi connectivity index (χ2n) is 5.86. The Balaban J connectivity index is 1.78. The number of fused-ring (bicyclic) bond motifs is 2. The van der Waals surface area contributed by atoms with Crippen molar-refractivity contribution in [2.45, 2.75) is 52.0 Å². The van der Waals surface area contributed by atoms with Crippen molar-refractivity contribution in [2.24, 2.45) is 11.8 Å². The molecule has 4 nitrogen and oxygen atoms in total. The lowest BCUT2D eigenvalue weighted by atomic mass is 9.95. The molecular formula is C15H24N4. The molecule has 3 atom stereocenters. The van der Waals surface area contributed by atoms with E-state index in [1.54, 1.807) is 6.33 Å². The highest BCUT2D eigenvalue weighted by atomic mass is 15.1. The second kappa shape index (κ2) is 5.35. The van der Waals surface area contributed by atoms with E-state index in [0.29, 0.717) is 6.04 Å². The van der Waals surface area contributed by atoms with E-state index in [1.165, 1.54) is 31.2 Å². The molecule has 3 rings (SSSR count). The van der Waals surface area contributed by atoms with E-state index in [-0.39, 0.29) is 0 Å². The van der Waals surface area contributed by atoms with Gasteiger partial charge in [-0.2, -0.15) is 0 Å². The minimum absolute atomic E-state index is 0.633. The first-order chi connectivity index (χ1) is 9.31. The second-order valence-corrected chi connectivity index (χ2v) is 5.86. The lowest BCUT2D eigenvalue weighted by Gasteiger charge is -2.25. The Bertz CT molecular complexity index is 446. The highest BCUT2D eigenvalue weighted by molar-refractivity contribution is 5.57. The number of anilines is 2. The molecule has 3 unspecified atom stereocenters. The van der Waals surface area contributed by atoms with Gasteiger partial charge in [0.2, 0.25) is 0 Å². The van der Waals surface area contributed by atoms with Crippen molar-refractivity contribution < 1.29 is 0 Å². The maximum absolute atomic E-state index is 4.48. The first-order valence-corrected chi connectivity index (χ1v) is 7.66. The van der Waals surface area contributed by atoms with E-state index in [4.69, 9.17) is 0 Å². The quantitative estimate of drug-likeness (QED) is 0.854. The van der Waals surface area contributed by atoms with Crippen LogP contribution in [0.5, 0.6) is 0 Å². The minimum atomic E-state index is 0.633. The van der Waals surface area contributed by atoms with Crippen LogP contribution in [0.15, 0.2) is 6.33 Å². The molecule has 2 fully saturated rings. The Kier molecular flexibility index (Phi) is 3.58. The van der Waals surface area contributed by atoms with Gasteiger partial charge >= 0.3 is 0 Å². The van der Waals surface area contributed by atoms with Crippen molar-refractivity contribution in [3.8, 4) is 0 Å². The van der Waals surface area contributed by atoms with Crippen LogP contribution in [0.3, 0.4) is 0 Å². The number of nitrogens with one attached hydrogen (secondary N) is 2. The molecule has 4 heteroatoms. The third kappa shape index (κ3) is 2.40. The fourth-order valence-corrected chi connectivity index (χ4v) is 3.79. The van der Waals surface area contributed by atoms with Gasteiger partial charge in [0.05, 0.1) is 0 Å². The molecule has 2 aliphatic rings. The molecule has 2 bridgehead atoms. The van der Waals surface area contributed by atoms with Crippen LogP contribution in [0.4, 0.5) is 11.6 Å². The highest BCUT2D eigenvalue weighted by Gasteiger charge is 2.39. The van der Waals surface area contributed by atoms with Crippen molar-refractivity contribution in [2.75, 3.05) is 17.2 Å². The van der Waals surface area contributed by atoms with Gasteiger partial charge in [0.1, 0.15) is 18.0 Å². The largest absolute Gasteiger partial charge is 0.370 e. The normalized spacial score (nSPS) is 28.6. The SMILES string of the molecule is CCNc1ncnc(NC2CC3CCC2C3)c1CC. The predicted octanol–water partition coefficient (Wildman–Crippen LogP) is 3.07. The number of nitrogens with zero attached hydrogens (tertiary/aromatic N) is 2. The summed E-state index contributed by atoms with van der Waals surface area (Å²) >= 11 is 0. The molecule has 2 saturated carbocycles. The topological polar surface area (TPSA) is 49.8 Å². The zero-order chi connectivity index (χ0) is 13.2. The van der Waals surface area contributed by atoms with Crippen LogP contribution in [0.25, 0.3) is 0 Å². The molecule has 0 saturated heterocycles. The molecule has 0 spiro atoms. The Hall–Kier alpha value is -1.32. The lowest BCUT2D eigenvalue weighted by Crippen LogP contribution is -2.27. The maximum Gasteiger partial charge on any atom is 0.134 e. The van der Waals surface area contributed by atoms with Crippen LogP contribution in [0.2, 0.25) is 0 Å². The van der Waals surface area contributed by atoms with Crippen LogP contribution in [-0.4, -0.2) is 22.6 Å². The molecular weight excluding hydrogens is 236 g/mol. The average Bonchev–Trinajstić information content (AvgIpc) is 3.02. The van der Waals surface area contributed by atoms with Gasteiger partial charge in [0, 0.05) is 18.2 Å². The summed E-state index contributed by atoms with van der Waals surface area (Å²) in [5.74, 6) is 3.87. The van der Waals surface area contributed by atoms with Gasteiger partial charge in [0.25, 0.3) is 0 Å². The first-order valence-electron chi connectivity index (χ1n) is 7.66. The van der Waals surface area contributed by atoms with Crippen molar-refractivity contribution in [3.05, 3.63) is 11.9 Å². The Morgan fingerprint density at radius 3 is 2.63 bits per heavy atom. The fraction of sp³-hybridized carbons (Fsp3) is 0.733. The van der Waals surface area contributed by atoms with Crippen molar-refractivity contribution in [3.63, 3.8) is 0 Å². The lowest BCUT2D eigenvalue weighted by molar-refractivity contribution is 0.438. The number of hydrogen-bond acceptors (Lipinski definition) is 4. The predicted molar refractivity (Wildman–Crippen MR) is 78.4 cm³/mol. The van der Waals surface area contributed by atoms with Gasteiger partial charge in [-0.05, 0) is 44.4 Å². The van der Waals surface area contributed by atoms with Crippen LogP contribution in [0, 0.1) is 11.8 Å². The van der Waals surface area contributed by atoms with Gasteiger partial charge in [0.15, 0.2) is 0 Å². The van der Waals surface area contributed by atoms with E-state index in [0.717, 1.165) is 36.4 Å². The smallest absolute Gasteiger partial charge is 0.134 e. The van der Waals surface area contributed by atoms with Crippen molar-refractivity contribution in [1.29, 1.82) is 0 Å². The molecule has 0 aromatic carbocycles. The number of aromatic nitrogens is 2. The van der Waals surface area contributed by atoms with Gasteiger partial charge in [-0.15, -0.1) is 0 Å². The average molecular weight is 260 g/mol.